The quantitative estimate of drug-likeness (QED) is 0.467. The lowest BCUT2D eigenvalue weighted by atomic mass is 10.5. The van der Waals surface area contributed by atoms with Crippen LogP contribution in [0.5, 0.6) is 0 Å². The molecule has 82 valence electrons. The lowest BCUT2D eigenvalue weighted by molar-refractivity contribution is -0.134. The van der Waals surface area contributed by atoms with Crippen molar-refractivity contribution in [1.29, 1.82) is 0 Å². The second-order valence-corrected chi connectivity index (χ2v) is 2.82. The van der Waals surface area contributed by atoms with Gasteiger partial charge in [-0.1, -0.05) is 0 Å². The van der Waals surface area contributed by atoms with Crippen molar-refractivity contribution in [3.05, 3.63) is 6.20 Å². The number of hydrogen-bond donors (Lipinski definition) is 4. The molecule has 0 spiro atoms. The van der Waals surface area contributed by atoms with E-state index in [1.165, 1.54) is 10.9 Å². The van der Waals surface area contributed by atoms with E-state index in [0.29, 0.717) is 0 Å². The summed E-state index contributed by atoms with van der Waals surface area (Å²) in [6.07, 6.45) is 1.31. The van der Waals surface area contributed by atoms with Gasteiger partial charge >= 0.3 is 5.97 Å². The number of carbonyl (C=O) groups is 2. The highest BCUT2D eigenvalue weighted by molar-refractivity contribution is 5.77. The Hall–Kier alpha value is -2.25. The summed E-state index contributed by atoms with van der Waals surface area (Å²) in [4.78, 5) is 21.0. The van der Waals surface area contributed by atoms with Crippen LogP contribution in [0, 0.1) is 0 Å². The van der Waals surface area contributed by atoms with Crippen molar-refractivity contribution in [2.75, 3.05) is 17.6 Å². The van der Waals surface area contributed by atoms with E-state index in [1.807, 2.05) is 0 Å². The predicted octanol–water partition coefficient (Wildman–Crippen LogP) is -1.55. The van der Waals surface area contributed by atoms with E-state index in [4.69, 9.17) is 16.6 Å². The van der Waals surface area contributed by atoms with Crippen molar-refractivity contribution in [1.82, 2.24) is 9.78 Å². The molecule has 0 aliphatic carbocycles. The molecule has 0 aliphatic rings. The molecule has 1 rings (SSSR count). The molecule has 0 fully saturated rings. The number of nitrogen functional groups attached to an aromatic ring is 1. The number of nitrogens with two attached hydrogens (primary N) is 2. The molecule has 8 nitrogen and oxygen atoms in total. The lowest BCUT2D eigenvalue weighted by Gasteiger charge is -2.07. The molecule has 15 heavy (non-hydrogen) atoms. The number of carboxylic acid groups (broad SMARTS) is 1. The minimum absolute atomic E-state index is 0.154. The molecule has 1 amide bonds. The molecule has 1 aromatic heterocycles. The van der Waals surface area contributed by atoms with Crippen LogP contribution in [0.3, 0.4) is 0 Å². The molecular weight excluding hydrogens is 202 g/mol. The Bertz CT molecular complexity index is 386. The Morgan fingerprint density at radius 3 is 2.80 bits per heavy atom. The largest absolute Gasteiger partial charge is 0.480 e. The van der Waals surface area contributed by atoms with Gasteiger partial charge in [0, 0.05) is 0 Å². The van der Waals surface area contributed by atoms with Crippen LogP contribution in [0.4, 0.5) is 11.5 Å². The van der Waals surface area contributed by atoms with E-state index in [9.17, 15) is 9.59 Å². The third-order valence-corrected chi connectivity index (χ3v) is 1.58. The summed E-state index contributed by atoms with van der Waals surface area (Å²) in [6.45, 7) is -0.464. The molecule has 1 heterocycles. The topological polar surface area (TPSA) is 136 Å². The minimum Gasteiger partial charge on any atom is -0.480 e. The number of carboxylic acids is 1. The van der Waals surface area contributed by atoms with Crippen LogP contribution in [-0.2, 0) is 16.1 Å². The smallest absolute Gasteiger partial charge is 0.322 e. The van der Waals surface area contributed by atoms with Crippen LogP contribution in [0.2, 0.25) is 0 Å². The molecule has 1 aromatic rings. The first kappa shape index (κ1) is 10.8. The van der Waals surface area contributed by atoms with Gasteiger partial charge in [0.1, 0.15) is 18.9 Å². The summed E-state index contributed by atoms with van der Waals surface area (Å²) < 4.78 is 1.21. The predicted molar refractivity (Wildman–Crippen MR) is 52.0 cm³/mol. The first-order valence-electron chi connectivity index (χ1n) is 4.06. The fourth-order valence-electron chi connectivity index (χ4n) is 1.02. The van der Waals surface area contributed by atoms with Gasteiger partial charge in [-0.2, -0.15) is 5.10 Å². The number of aliphatic carboxylic acids is 1. The van der Waals surface area contributed by atoms with Crippen LogP contribution in [-0.4, -0.2) is 33.3 Å². The number of rotatable bonds is 5. The van der Waals surface area contributed by atoms with Crippen molar-refractivity contribution < 1.29 is 14.7 Å². The van der Waals surface area contributed by atoms with Crippen molar-refractivity contribution >= 4 is 23.4 Å². The zero-order chi connectivity index (χ0) is 11.4. The Kier molecular flexibility index (Phi) is 3.11. The summed E-state index contributed by atoms with van der Waals surface area (Å²) in [5, 5.41) is 14.8. The first-order valence-corrected chi connectivity index (χ1v) is 4.06. The van der Waals surface area contributed by atoms with Crippen LogP contribution in [0.25, 0.3) is 0 Å². The number of anilines is 2. The summed E-state index contributed by atoms with van der Waals surface area (Å²) in [6, 6.07) is 0. The van der Waals surface area contributed by atoms with Crippen LogP contribution in [0.15, 0.2) is 6.20 Å². The second kappa shape index (κ2) is 4.31. The molecule has 8 heteroatoms. The number of aromatic nitrogens is 2. The highest BCUT2D eigenvalue weighted by Crippen LogP contribution is 2.16. The van der Waals surface area contributed by atoms with Crippen LogP contribution < -0.4 is 16.8 Å². The average molecular weight is 213 g/mol. The molecule has 6 N–H and O–H groups in total. The normalized spacial score (nSPS) is 9.87. The molecule has 0 saturated carbocycles. The molecule has 0 radical (unpaired) electrons. The van der Waals surface area contributed by atoms with Gasteiger partial charge in [-0.25, -0.2) is 4.68 Å². The monoisotopic (exact) mass is 213 g/mol. The van der Waals surface area contributed by atoms with E-state index >= 15 is 0 Å². The Labute approximate surface area is 84.8 Å². The highest BCUT2D eigenvalue weighted by Gasteiger charge is 2.10. The molecule has 0 saturated heterocycles. The van der Waals surface area contributed by atoms with E-state index in [2.05, 4.69) is 10.4 Å². The Balaban J connectivity index is 2.79. The number of carbonyl (C=O) groups excluding carboxylic acids is 1. The van der Waals surface area contributed by atoms with Crippen molar-refractivity contribution in [2.45, 2.75) is 6.54 Å². The summed E-state index contributed by atoms with van der Waals surface area (Å²) in [7, 11) is 0. The lowest BCUT2D eigenvalue weighted by Crippen LogP contribution is -2.22. The number of primary amides is 1. The SMILES string of the molecule is NC(=O)Cn1ncc(N)c1NCC(=O)O. The van der Waals surface area contributed by atoms with Crippen molar-refractivity contribution in [2.24, 2.45) is 5.73 Å². The fraction of sp³-hybridized carbons (Fsp3) is 0.286. The number of amides is 1. The first-order chi connectivity index (χ1) is 7.00. The van der Waals surface area contributed by atoms with Gasteiger partial charge in [0.15, 0.2) is 0 Å². The van der Waals surface area contributed by atoms with Gasteiger partial charge in [-0.15, -0.1) is 0 Å². The van der Waals surface area contributed by atoms with Gasteiger partial charge in [0.25, 0.3) is 0 Å². The van der Waals surface area contributed by atoms with Gasteiger partial charge < -0.3 is 21.9 Å². The van der Waals surface area contributed by atoms with Crippen LogP contribution in [0.1, 0.15) is 0 Å². The van der Waals surface area contributed by atoms with E-state index in [1.54, 1.807) is 0 Å². The zero-order valence-electron chi connectivity index (χ0n) is 7.80. The number of nitrogens with zero attached hydrogens (tertiary/aromatic N) is 2. The molecule has 0 aliphatic heterocycles. The Morgan fingerprint density at radius 2 is 2.27 bits per heavy atom. The summed E-state index contributed by atoms with van der Waals surface area (Å²) in [5.41, 5.74) is 10.7. The molecule has 0 atom stereocenters. The van der Waals surface area contributed by atoms with E-state index in [-0.39, 0.29) is 24.6 Å². The fourth-order valence-corrected chi connectivity index (χ4v) is 1.02. The standard InChI is InChI=1S/C7H11N5O3/c8-4-1-11-12(3-5(9)13)7(4)10-2-6(14)15/h1,10H,2-3,8H2,(H2,9,13)(H,14,15). The molecule has 0 aromatic carbocycles. The molecule has 0 bridgehead atoms. The van der Waals surface area contributed by atoms with Gasteiger partial charge in [0.2, 0.25) is 5.91 Å². The average Bonchev–Trinajstić information content (AvgIpc) is 2.43. The molecular formula is C7H11N5O3. The number of hydrogen-bond acceptors (Lipinski definition) is 5. The van der Waals surface area contributed by atoms with Gasteiger partial charge in [0.05, 0.1) is 11.9 Å². The minimum atomic E-state index is -1.04. The van der Waals surface area contributed by atoms with Crippen molar-refractivity contribution in [3.8, 4) is 0 Å². The summed E-state index contributed by atoms with van der Waals surface area (Å²) in [5.74, 6) is -1.35. The molecule has 0 unspecified atom stereocenters. The van der Waals surface area contributed by atoms with E-state index < -0.39 is 11.9 Å². The van der Waals surface area contributed by atoms with Crippen molar-refractivity contribution in [3.63, 3.8) is 0 Å². The zero-order valence-corrected chi connectivity index (χ0v) is 7.80. The maximum absolute atomic E-state index is 10.6. The van der Waals surface area contributed by atoms with Crippen LogP contribution >= 0.6 is 0 Å². The Morgan fingerprint density at radius 1 is 1.60 bits per heavy atom. The maximum Gasteiger partial charge on any atom is 0.322 e. The number of nitrogens with one attached hydrogen (secondary N) is 1. The maximum atomic E-state index is 10.6. The summed E-state index contributed by atoms with van der Waals surface area (Å²) >= 11 is 0. The van der Waals surface area contributed by atoms with Gasteiger partial charge in [-0.05, 0) is 0 Å². The third-order valence-electron chi connectivity index (χ3n) is 1.58. The van der Waals surface area contributed by atoms with Gasteiger partial charge in [-0.3, -0.25) is 9.59 Å². The van der Waals surface area contributed by atoms with E-state index in [0.717, 1.165) is 0 Å². The highest BCUT2D eigenvalue weighted by atomic mass is 16.4. The third kappa shape index (κ3) is 2.86. The second-order valence-electron chi connectivity index (χ2n) is 2.82.